The van der Waals surface area contributed by atoms with E-state index in [0.29, 0.717) is 32.5 Å². The lowest BCUT2D eigenvalue weighted by Gasteiger charge is -2.36. The summed E-state index contributed by atoms with van der Waals surface area (Å²) >= 11 is 0. The molecule has 1 aliphatic heterocycles. The van der Waals surface area contributed by atoms with E-state index in [1.807, 2.05) is 60.7 Å². The molecule has 0 spiro atoms. The number of aliphatic hydroxyl groups excluding tert-OH is 1. The molecule has 2 aromatic carbocycles. The predicted molar refractivity (Wildman–Crippen MR) is 97.3 cm³/mol. The molecule has 25 heavy (non-hydrogen) atoms. The van der Waals surface area contributed by atoms with E-state index in [2.05, 4.69) is 5.32 Å². The molecule has 0 bridgehead atoms. The summed E-state index contributed by atoms with van der Waals surface area (Å²) in [7, 11) is 0. The van der Waals surface area contributed by atoms with Gasteiger partial charge in [0.05, 0.1) is 11.5 Å². The Morgan fingerprint density at radius 3 is 2.28 bits per heavy atom. The van der Waals surface area contributed by atoms with Gasteiger partial charge in [0.1, 0.15) is 0 Å². The molecule has 1 amide bonds. The SMILES string of the molecule is O=C(NCC(O)Cc1ccccc1)C1(c2ccccc2)CCOCC1. The van der Waals surface area contributed by atoms with Crippen LogP contribution in [0.5, 0.6) is 0 Å². The largest absolute Gasteiger partial charge is 0.391 e. The maximum atomic E-state index is 13.0. The zero-order valence-electron chi connectivity index (χ0n) is 14.4. The molecule has 1 atom stereocenters. The normalized spacial score (nSPS) is 17.6. The van der Waals surface area contributed by atoms with Gasteiger partial charge in [-0.25, -0.2) is 0 Å². The quantitative estimate of drug-likeness (QED) is 0.850. The Balaban J connectivity index is 1.65. The number of carbonyl (C=O) groups is 1. The monoisotopic (exact) mass is 339 g/mol. The van der Waals surface area contributed by atoms with Crippen molar-refractivity contribution in [3.05, 3.63) is 71.8 Å². The first kappa shape index (κ1) is 17.6. The summed E-state index contributed by atoms with van der Waals surface area (Å²) in [6, 6.07) is 19.7. The highest BCUT2D eigenvalue weighted by molar-refractivity contribution is 5.88. The van der Waals surface area contributed by atoms with Gasteiger partial charge in [-0.05, 0) is 24.0 Å². The van der Waals surface area contributed by atoms with Gasteiger partial charge in [-0.15, -0.1) is 0 Å². The fourth-order valence-electron chi connectivity index (χ4n) is 3.46. The lowest BCUT2D eigenvalue weighted by Crippen LogP contribution is -2.49. The number of ether oxygens (including phenoxy) is 1. The van der Waals surface area contributed by atoms with Gasteiger partial charge < -0.3 is 15.2 Å². The van der Waals surface area contributed by atoms with E-state index in [-0.39, 0.29) is 12.5 Å². The zero-order valence-corrected chi connectivity index (χ0v) is 14.4. The van der Waals surface area contributed by atoms with Crippen molar-refractivity contribution in [2.24, 2.45) is 0 Å². The lowest BCUT2D eigenvalue weighted by molar-refractivity contribution is -0.131. The molecular weight excluding hydrogens is 314 g/mol. The zero-order chi connectivity index (χ0) is 17.5. The van der Waals surface area contributed by atoms with Gasteiger partial charge in [0.25, 0.3) is 0 Å². The molecule has 1 heterocycles. The molecule has 0 saturated carbocycles. The Morgan fingerprint density at radius 1 is 1.04 bits per heavy atom. The number of amides is 1. The fraction of sp³-hybridized carbons (Fsp3) is 0.381. The smallest absolute Gasteiger partial charge is 0.230 e. The highest BCUT2D eigenvalue weighted by atomic mass is 16.5. The van der Waals surface area contributed by atoms with Crippen LogP contribution in [0.25, 0.3) is 0 Å². The maximum absolute atomic E-state index is 13.0. The first-order valence-electron chi connectivity index (χ1n) is 8.84. The van der Waals surface area contributed by atoms with E-state index in [9.17, 15) is 9.90 Å². The van der Waals surface area contributed by atoms with E-state index < -0.39 is 11.5 Å². The molecule has 0 radical (unpaired) electrons. The summed E-state index contributed by atoms with van der Waals surface area (Å²) < 4.78 is 5.47. The van der Waals surface area contributed by atoms with Crippen molar-refractivity contribution in [1.82, 2.24) is 5.32 Å². The van der Waals surface area contributed by atoms with Crippen molar-refractivity contribution < 1.29 is 14.6 Å². The molecule has 1 unspecified atom stereocenters. The summed E-state index contributed by atoms with van der Waals surface area (Å²) in [5.74, 6) is -0.0193. The van der Waals surface area contributed by atoms with E-state index in [1.54, 1.807) is 0 Å². The molecule has 4 nitrogen and oxygen atoms in total. The van der Waals surface area contributed by atoms with Crippen LogP contribution in [-0.2, 0) is 21.4 Å². The van der Waals surface area contributed by atoms with Gasteiger partial charge in [0, 0.05) is 26.2 Å². The number of aliphatic hydroxyl groups is 1. The van der Waals surface area contributed by atoms with Crippen LogP contribution in [0, 0.1) is 0 Å². The summed E-state index contributed by atoms with van der Waals surface area (Å²) in [5, 5.41) is 13.2. The number of benzene rings is 2. The van der Waals surface area contributed by atoms with E-state index >= 15 is 0 Å². The summed E-state index contributed by atoms with van der Waals surface area (Å²) in [5.41, 5.74) is 1.52. The van der Waals surface area contributed by atoms with Crippen LogP contribution in [-0.4, -0.2) is 36.9 Å². The minimum atomic E-state index is -0.598. The van der Waals surface area contributed by atoms with E-state index in [1.165, 1.54) is 0 Å². The van der Waals surface area contributed by atoms with Crippen molar-refractivity contribution in [2.45, 2.75) is 30.8 Å². The number of carbonyl (C=O) groups excluding carboxylic acids is 1. The van der Waals surface area contributed by atoms with Crippen LogP contribution in [0.2, 0.25) is 0 Å². The van der Waals surface area contributed by atoms with E-state index in [0.717, 1.165) is 11.1 Å². The minimum absolute atomic E-state index is 0.0193. The Morgan fingerprint density at radius 2 is 1.64 bits per heavy atom. The van der Waals surface area contributed by atoms with Crippen LogP contribution in [0.15, 0.2) is 60.7 Å². The standard InChI is InChI=1S/C21H25NO3/c23-19(15-17-7-3-1-4-8-17)16-22-20(24)21(11-13-25-14-12-21)18-9-5-2-6-10-18/h1-10,19,23H,11-16H2,(H,22,24). The second-order valence-electron chi connectivity index (χ2n) is 6.61. The van der Waals surface area contributed by atoms with Gasteiger partial charge in [-0.3, -0.25) is 4.79 Å². The number of hydrogen-bond acceptors (Lipinski definition) is 3. The molecule has 0 aliphatic carbocycles. The Labute approximate surface area is 148 Å². The molecule has 1 aliphatic rings. The molecule has 2 aromatic rings. The third-order valence-corrected chi connectivity index (χ3v) is 4.92. The fourth-order valence-corrected chi connectivity index (χ4v) is 3.46. The summed E-state index contributed by atoms with van der Waals surface area (Å²) in [6.07, 6.45) is 1.26. The third-order valence-electron chi connectivity index (χ3n) is 4.92. The predicted octanol–water partition coefficient (Wildman–Crippen LogP) is 2.45. The topological polar surface area (TPSA) is 58.6 Å². The van der Waals surface area contributed by atoms with Gasteiger partial charge >= 0.3 is 0 Å². The van der Waals surface area contributed by atoms with Crippen LogP contribution in [0.4, 0.5) is 0 Å². The average Bonchev–Trinajstić information content (AvgIpc) is 2.68. The van der Waals surface area contributed by atoms with Crippen molar-refractivity contribution in [3.8, 4) is 0 Å². The van der Waals surface area contributed by atoms with Crippen molar-refractivity contribution in [2.75, 3.05) is 19.8 Å². The molecule has 4 heteroatoms. The number of rotatable bonds is 6. The average molecular weight is 339 g/mol. The minimum Gasteiger partial charge on any atom is -0.391 e. The van der Waals surface area contributed by atoms with Gasteiger partial charge in [-0.2, -0.15) is 0 Å². The lowest BCUT2D eigenvalue weighted by atomic mass is 9.73. The van der Waals surface area contributed by atoms with Gasteiger partial charge in [-0.1, -0.05) is 60.7 Å². The first-order chi connectivity index (χ1) is 12.2. The molecule has 3 rings (SSSR count). The Kier molecular flexibility index (Phi) is 5.84. The highest BCUT2D eigenvalue weighted by Crippen LogP contribution is 2.35. The second-order valence-corrected chi connectivity index (χ2v) is 6.61. The maximum Gasteiger partial charge on any atom is 0.230 e. The highest BCUT2D eigenvalue weighted by Gasteiger charge is 2.41. The molecule has 132 valence electrons. The number of nitrogens with one attached hydrogen (secondary N) is 1. The summed E-state index contributed by atoms with van der Waals surface area (Å²) in [6.45, 7) is 1.41. The molecule has 0 aromatic heterocycles. The molecule has 1 fully saturated rings. The van der Waals surface area contributed by atoms with E-state index in [4.69, 9.17) is 4.74 Å². The molecule has 2 N–H and O–H groups in total. The van der Waals surface area contributed by atoms with Gasteiger partial charge in [0.15, 0.2) is 0 Å². The Bertz CT molecular complexity index is 666. The van der Waals surface area contributed by atoms with Crippen LogP contribution >= 0.6 is 0 Å². The summed E-state index contributed by atoms with van der Waals surface area (Å²) in [4.78, 5) is 13.0. The molecule has 1 saturated heterocycles. The third kappa shape index (κ3) is 4.27. The molecular formula is C21H25NO3. The number of hydrogen-bond donors (Lipinski definition) is 2. The van der Waals surface area contributed by atoms with Crippen LogP contribution in [0.1, 0.15) is 24.0 Å². The van der Waals surface area contributed by atoms with Crippen molar-refractivity contribution >= 4 is 5.91 Å². The van der Waals surface area contributed by atoms with Crippen molar-refractivity contribution in [3.63, 3.8) is 0 Å². The van der Waals surface area contributed by atoms with Gasteiger partial charge in [0.2, 0.25) is 5.91 Å². The van der Waals surface area contributed by atoms with Crippen LogP contribution in [0.3, 0.4) is 0 Å². The second kappa shape index (κ2) is 8.28. The first-order valence-corrected chi connectivity index (χ1v) is 8.84. The Hall–Kier alpha value is -2.17. The van der Waals surface area contributed by atoms with Crippen LogP contribution < -0.4 is 5.32 Å². The van der Waals surface area contributed by atoms with Crippen molar-refractivity contribution in [1.29, 1.82) is 0 Å².